The first kappa shape index (κ1) is 19.0. The Morgan fingerprint density at radius 1 is 0.571 bits per heavy atom. The topological polar surface area (TPSA) is 0 Å². The van der Waals surface area contributed by atoms with E-state index < -0.39 is 0 Å². The van der Waals surface area contributed by atoms with Crippen LogP contribution in [-0.4, -0.2) is 0 Å². The van der Waals surface area contributed by atoms with Gasteiger partial charge in [0, 0.05) is 0 Å². The van der Waals surface area contributed by atoms with Gasteiger partial charge in [0.1, 0.15) is 0 Å². The van der Waals surface area contributed by atoms with E-state index in [1.54, 1.807) is 0 Å². The smallest absolute Gasteiger partial charge is 0.0414 e. The lowest BCUT2D eigenvalue weighted by molar-refractivity contribution is 0.342. The van der Waals surface area contributed by atoms with Crippen LogP contribution < -0.4 is 0 Å². The summed E-state index contributed by atoms with van der Waals surface area (Å²) in [5, 5.41) is 0. The van der Waals surface area contributed by atoms with Crippen molar-refractivity contribution in [1.82, 2.24) is 0 Å². The summed E-state index contributed by atoms with van der Waals surface area (Å²) < 4.78 is 0. The third-order valence-electron chi connectivity index (χ3n) is 5.74. The highest BCUT2D eigenvalue weighted by Crippen LogP contribution is 2.27. The first-order valence-corrected chi connectivity index (χ1v) is 10.4. The molecule has 0 amide bonds. The van der Waals surface area contributed by atoms with Crippen molar-refractivity contribution in [3.63, 3.8) is 0 Å². The minimum Gasteiger partial charge on any atom is -0.0654 e. The van der Waals surface area contributed by atoms with Crippen LogP contribution in [0.25, 0.3) is 0 Å². The van der Waals surface area contributed by atoms with Crippen LogP contribution in [0.3, 0.4) is 0 Å². The van der Waals surface area contributed by atoms with Crippen LogP contribution in [0.5, 0.6) is 0 Å². The maximum absolute atomic E-state index is 2.41. The van der Waals surface area contributed by atoms with Crippen LogP contribution in [0.1, 0.15) is 123 Å². The van der Waals surface area contributed by atoms with Gasteiger partial charge in [0.15, 0.2) is 0 Å². The average Bonchev–Trinajstić information content (AvgIpc) is 2.51. The number of rotatable bonds is 4. The minimum absolute atomic E-state index is 1.03. The van der Waals surface area contributed by atoms with E-state index in [4.69, 9.17) is 0 Å². The predicted molar refractivity (Wildman–Crippen MR) is 96.8 cm³/mol. The van der Waals surface area contributed by atoms with Crippen LogP contribution in [0.2, 0.25) is 0 Å². The van der Waals surface area contributed by atoms with Crippen molar-refractivity contribution >= 4 is 0 Å². The molecule has 0 N–H and O–H groups in total. The van der Waals surface area contributed by atoms with Crippen molar-refractivity contribution < 1.29 is 0 Å². The fraction of sp³-hybridized carbons (Fsp3) is 1.00. The van der Waals surface area contributed by atoms with Crippen LogP contribution in [0.15, 0.2) is 0 Å². The molecule has 0 spiro atoms. The molecular weight excluding hydrogens is 252 g/mol. The van der Waals surface area contributed by atoms with Gasteiger partial charge < -0.3 is 0 Å². The van der Waals surface area contributed by atoms with Crippen molar-refractivity contribution in [2.24, 2.45) is 11.8 Å². The molecule has 21 heavy (non-hydrogen) atoms. The molecule has 1 aliphatic carbocycles. The van der Waals surface area contributed by atoms with Gasteiger partial charge in [0.25, 0.3) is 0 Å². The van der Waals surface area contributed by atoms with E-state index in [0.29, 0.717) is 0 Å². The van der Waals surface area contributed by atoms with E-state index in [-0.39, 0.29) is 0 Å². The maximum atomic E-state index is 2.41. The average molecular weight is 295 g/mol. The quantitative estimate of drug-likeness (QED) is 0.494. The monoisotopic (exact) mass is 294 g/mol. The van der Waals surface area contributed by atoms with Crippen LogP contribution >= 0.6 is 0 Å². The zero-order chi connectivity index (χ0) is 15.2. The van der Waals surface area contributed by atoms with Gasteiger partial charge in [-0.2, -0.15) is 0 Å². The van der Waals surface area contributed by atoms with E-state index >= 15 is 0 Å². The fourth-order valence-electron chi connectivity index (χ4n) is 4.10. The molecule has 0 saturated heterocycles. The second-order valence-electron chi connectivity index (χ2n) is 7.62. The van der Waals surface area contributed by atoms with E-state index in [9.17, 15) is 0 Å². The summed E-state index contributed by atoms with van der Waals surface area (Å²) in [4.78, 5) is 0. The van der Waals surface area contributed by atoms with Crippen LogP contribution in [-0.2, 0) is 0 Å². The third kappa shape index (κ3) is 10.4. The lowest BCUT2D eigenvalue weighted by Crippen LogP contribution is -2.04. The maximum Gasteiger partial charge on any atom is -0.0414 e. The van der Waals surface area contributed by atoms with Gasteiger partial charge >= 0.3 is 0 Å². The zero-order valence-electron chi connectivity index (χ0n) is 15.2. The lowest BCUT2D eigenvalue weighted by atomic mass is 9.87. The first-order chi connectivity index (χ1) is 10.4. The van der Waals surface area contributed by atoms with Crippen molar-refractivity contribution in [2.45, 2.75) is 123 Å². The number of unbranched alkanes of at least 4 members (excludes halogenated alkanes) is 1. The van der Waals surface area contributed by atoms with Crippen molar-refractivity contribution in [3.8, 4) is 0 Å². The largest absolute Gasteiger partial charge is 0.0654 e. The first-order valence-electron chi connectivity index (χ1n) is 10.4. The molecule has 0 aromatic carbocycles. The molecule has 2 unspecified atom stereocenters. The summed E-state index contributed by atoms with van der Waals surface area (Å²) in [7, 11) is 0. The summed E-state index contributed by atoms with van der Waals surface area (Å²) in [5.41, 5.74) is 0. The van der Waals surface area contributed by atoms with E-state index in [2.05, 4.69) is 13.8 Å². The Morgan fingerprint density at radius 2 is 1.05 bits per heavy atom. The molecule has 0 heteroatoms. The molecule has 1 saturated carbocycles. The van der Waals surface area contributed by atoms with Crippen LogP contribution in [0.4, 0.5) is 0 Å². The molecule has 0 aliphatic heterocycles. The Balaban J connectivity index is 2.36. The van der Waals surface area contributed by atoms with Gasteiger partial charge in [-0.1, -0.05) is 123 Å². The van der Waals surface area contributed by atoms with Gasteiger partial charge in [0.05, 0.1) is 0 Å². The summed E-state index contributed by atoms with van der Waals surface area (Å²) in [6.07, 6.45) is 25.3. The normalized spacial score (nSPS) is 27.7. The van der Waals surface area contributed by atoms with E-state index in [1.807, 2.05) is 0 Å². The molecule has 0 nitrogen and oxygen atoms in total. The molecule has 1 fully saturated rings. The SMILES string of the molecule is CCCCC1CCCCCCCCCCC(CC)CCC1. The van der Waals surface area contributed by atoms with Crippen LogP contribution in [0, 0.1) is 11.8 Å². The number of hydrogen-bond acceptors (Lipinski definition) is 0. The lowest BCUT2D eigenvalue weighted by Gasteiger charge is -2.19. The van der Waals surface area contributed by atoms with E-state index in [1.165, 1.54) is 109 Å². The van der Waals surface area contributed by atoms with Gasteiger partial charge in [-0.25, -0.2) is 0 Å². The Morgan fingerprint density at radius 3 is 1.62 bits per heavy atom. The van der Waals surface area contributed by atoms with Crippen molar-refractivity contribution in [3.05, 3.63) is 0 Å². The molecule has 1 rings (SSSR count). The second kappa shape index (κ2) is 13.6. The predicted octanol–water partition coefficient (Wildman–Crippen LogP) is 7.90. The van der Waals surface area contributed by atoms with Gasteiger partial charge in [-0.3, -0.25) is 0 Å². The fourth-order valence-corrected chi connectivity index (χ4v) is 4.10. The minimum atomic E-state index is 1.03. The highest BCUT2D eigenvalue weighted by molar-refractivity contribution is 4.65. The zero-order valence-corrected chi connectivity index (χ0v) is 15.2. The summed E-state index contributed by atoms with van der Waals surface area (Å²) in [5.74, 6) is 2.08. The Kier molecular flexibility index (Phi) is 12.4. The van der Waals surface area contributed by atoms with Crippen molar-refractivity contribution in [2.75, 3.05) is 0 Å². The molecule has 0 aromatic rings. The van der Waals surface area contributed by atoms with E-state index in [0.717, 1.165) is 11.8 Å². The molecule has 2 atom stereocenters. The molecule has 0 bridgehead atoms. The van der Waals surface area contributed by atoms with Gasteiger partial charge in [-0.15, -0.1) is 0 Å². The summed E-state index contributed by atoms with van der Waals surface area (Å²) in [6, 6.07) is 0. The molecule has 1 aliphatic rings. The standard InChI is InChI=1S/C21H42/c1-3-5-15-21-17-13-11-9-7-6-8-10-12-16-20(4-2)18-14-19-21/h20-21H,3-19H2,1-2H3. The molecular formula is C21H42. The Hall–Kier alpha value is 0. The summed E-state index contributed by atoms with van der Waals surface area (Å²) >= 11 is 0. The van der Waals surface area contributed by atoms with Gasteiger partial charge in [0.2, 0.25) is 0 Å². The summed E-state index contributed by atoms with van der Waals surface area (Å²) in [6.45, 7) is 4.76. The molecule has 0 aromatic heterocycles. The molecule has 0 heterocycles. The van der Waals surface area contributed by atoms with Crippen molar-refractivity contribution in [1.29, 1.82) is 0 Å². The third-order valence-corrected chi connectivity index (χ3v) is 5.74. The van der Waals surface area contributed by atoms with Gasteiger partial charge in [-0.05, 0) is 11.8 Å². The second-order valence-corrected chi connectivity index (χ2v) is 7.62. The molecule has 126 valence electrons. The Bertz CT molecular complexity index is 208. The highest BCUT2D eigenvalue weighted by Gasteiger charge is 2.11. The Labute approximate surface area is 135 Å². The number of hydrogen-bond donors (Lipinski definition) is 0. The molecule has 0 radical (unpaired) electrons. The highest BCUT2D eigenvalue weighted by atomic mass is 14.2.